The summed E-state index contributed by atoms with van der Waals surface area (Å²) in [4.78, 5) is 12.4. The lowest BCUT2D eigenvalue weighted by molar-refractivity contribution is -0.112. The first kappa shape index (κ1) is 20.0. The molecule has 1 N–H and O–H groups in total. The molecule has 0 bridgehead atoms. The molecule has 1 fully saturated rings. The molecule has 1 aromatic carbocycles. The van der Waals surface area contributed by atoms with Crippen molar-refractivity contribution in [3.8, 4) is 11.8 Å². The van der Waals surface area contributed by atoms with Crippen LogP contribution in [0, 0.1) is 11.3 Å². The van der Waals surface area contributed by atoms with Crippen LogP contribution >= 0.6 is 11.3 Å². The second kappa shape index (κ2) is 9.97. The van der Waals surface area contributed by atoms with Crippen LogP contribution in [-0.2, 0) is 9.53 Å². The number of anilines is 1. The van der Waals surface area contributed by atoms with E-state index in [2.05, 4.69) is 22.4 Å². The van der Waals surface area contributed by atoms with Crippen molar-refractivity contribution in [2.45, 2.75) is 38.7 Å². The van der Waals surface area contributed by atoms with Gasteiger partial charge in [-0.2, -0.15) is 5.26 Å². The van der Waals surface area contributed by atoms with Crippen molar-refractivity contribution < 1.29 is 14.3 Å². The molecule has 1 saturated heterocycles. The maximum absolute atomic E-state index is 12.4. The van der Waals surface area contributed by atoms with Gasteiger partial charge in [0.2, 0.25) is 5.13 Å². The van der Waals surface area contributed by atoms with E-state index in [4.69, 9.17) is 9.47 Å². The lowest BCUT2D eigenvalue weighted by Crippen LogP contribution is -2.13. The average molecular weight is 398 g/mol. The van der Waals surface area contributed by atoms with Crippen LogP contribution in [0.25, 0.3) is 6.08 Å². The minimum atomic E-state index is -0.513. The van der Waals surface area contributed by atoms with Gasteiger partial charge in [0.1, 0.15) is 28.5 Å². The number of hydrogen-bond donors (Lipinski definition) is 1. The molecule has 0 saturated carbocycles. The van der Waals surface area contributed by atoms with Gasteiger partial charge >= 0.3 is 0 Å². The van der Waals surface area contributed by atoms with E-state index in [0.29, 0.717) is 11.7 Å². The Bertz CT molecular complexity index is 864. The standard InChI is InChI=1S/C20H22N4O3S/c1-2-3-10-26-16-8-6-14(7-9-16)12-15(13-21)18(25)22-20-24-23-19(28-20)17-5-4-11-27-17/h6-9,12,17H,2-5,10-11H2,1H3,(H,22,24,25)/b15-12+/t17-/m0/s1. The topological polar surface area (TPSA) is 97.1 Å². The first-order valence-electron chi connectivity index (χ1n) is 9.30. The maximum Gasteiger partial charge on any atom is 0.268 e. The van der Waals surface area contributed by atoms with Gasteiger partial charge in [-0.05, 0) is 43.0 Å². The number of ether oxygens (including phenoxy) is 2. The molecule has 1 amide bonds. The molecule has 1 aromatic heterocycles. The second-order valence-electron chi connectivity index (χ2n) is 6.34. The molecule has 28 heavy (non-hydrogen) atoms. The summed E-state index contributed by atoms with van der Waals surface area (Å²) in [6.45, 7) is 3.50. The largest absolute Gasteiger partial charge is 0.494 e. The lowest BCUT2D eigenvalue weighted by Gasteiger charge is -2.05. The summed E-state index contributed by atoms with van der Waals surface area (Å²) < 4.78 is 11.2. The smallest absolute Gasteiger partial charge is 0.268 e. The second-order valence-corrected chi connectivity index (χ2v) is 7.35. The van der Waals surface area contributed by atoms with Gasteiger partial charge in [-0.3, -0.25) is 10.1 Å². The Morgan fingerprint density at radius 3 is 2.93 bits per heavy atom. The Morgan fingerprint density at radius 2 is 2.25 bits per heavy atom. The summed E-state index contributed by atoms with van der Waals surface area (Å²) >= 11 is 1.27. The van der Waals surface area contributed by atoms with E-state index >= 15 is 0 Å². The molecule has 1 atom stereocenters. The van der Waals surface area contributed by atoms with E-state index in [0.717, 1.165) is 48.6 Å². The fourth-order valence-corrected chi connectivity index (χ4v) is 3.48. The van der Waals surface area contributed by atoms with Crippen molar-refractivity contribution in [1.29, 1.82) is 5.26 Å². The van der Waals surface area contributed by atoms with Gasteiger partial charge in [0.05, 0.1) is 6.61 Å². The summed E-state index contributed by atoms with van der Waals surface area (Å²) in [7, 11) is 0. The van der Waals surface area contributed by atoms with Gasteiger partial charge in [-0.15, -0.1) is 10.2 Å². The Labute approximate surface area is 168 Å². The van der Waals surface area contributed by atoms with Crippen molar-refractivity contribution in [2.75, 3.05) is 18.5 Å². The van der Waals surface area contributed by atoms with Gasteiger partial charge in [0, 0.05) is 6.61 Å². The van der Waals surface area contributed by atoms with E-state index in [9.17, 15) is 10.1 Å². The van der Waals surface area contributed by atoms with Crippen LogP contribution in [0.1, 0.15) is 49.3 Å². The van der Waals surface area contributed by atoms with E-state index in [1.807, 2.05) is 30.3 Å². The summed E-state index contributed by atoms with van der Waals surface area (Å²) in [5.41, 5.74) is 0.736. The molecule has 7 nitrogen and oxygen atoms in total. The molecule has 1 aliphatic heterocycles. The molecule has 8 heteroatoms. The lowest BCUT2D eigenvalue weighted by atomic mass is 10.1. The van der Waals surface area contributed by atoms with Crippen LogP contribution in [0.5, 0.6) is 5.75 Å². The number of rotatable bonds is 8. The fourth-order valence-electron chi connectivity index (χ4n) is 2.66. The van der Waals surface area contributed by atoms with E-state index in [-0.39, 0.29) is 11.7 Å². The Kier molecular flexibility index (Phi) is 7.12. The van der Waals surface area contributed by atoms with E-state index < -0.39 is 5.91 Å². The number of nitriles is 1. The Hall–Kier alpha value is -2.76. The number of unbranched alkanes of at least 4 members (excludes halogenated alkanes) is 1. The molecule has 146 valence electrons. The molecule has 2 heterocycles. The number of nitrogens with one attached hydrogen (secondary N) is 1. The molecule has 0 aliphatic carbocycles. The van der Waals surface area contributed by atoms with Gasteiger partial charge in [-0.25, -0.2) is 0 Å². The molecule has 2 aromatic rings. The number of amides is 1. The summed E-state index contributed by atoms with van der Waals surface area (Å²) in [5, 5.41) is 21.1. The molecular formula is C20H22N4O3S. The van der Waals surface area contributed by atoms with Crippen molar-refractivity contribution >= 4 is 28.5 Å². The third-order valence-corrected chi connectivity index (χ3v) is 5.12. The first-order chi connectivity index (χ1) is 13.7. The normalized spacial score (nSPS) is 16.6. The molecule has 3 rings (SSSR count). The zero-order chi connectivity index (χ0) is 19.8. The molecule has 0 unspecified atom stereocenters. The third kappa shape index (κ3) is 5.38. The van der Waals surface area contributed by atoms with Gasteiger partial charge in [0.25, 0.3) is 5.91 Å². The minimum Gasteiger partial charge on any atom is -0.494 e. The van der Waals surface area contributed by atoms with Crippen LogP contribution < -0.4 is 10.1 Å². The predicted octanol–water partition coefficient (Wildman–Crippen LogP) is 4.11. The van der Waals surface area contributed by atoms with Crippen LogP contribution in [0.4, 0.5) is 5.13 Å². The monoisotopic (exact) mass is 398 g/mol. The van der Waals surface area contributed by atoms with Crippen LogP contribution in [-0.4, -0.2) is 29.3 Å². The van der Waals surface area contributed by atoms with Crippen LogP contribution in [0.15, 0.2) is 29.8 Å². The highest BCUT2D eigenvalue weighted by atomic mass is 32.1. The Morgan fingerprint density at radius 1 is 1.43 bits per heavy atom. The summed E-state index contributed by atoms with van der Waals surface area (Å²) in [5.74, 6) is 0.255. The number of carbonyl (C=O) groups excluding carboxylic acids is 1. The Balaban J connectivity index is 1.62. The maximum atomic E-state index is 12.4. The quantitative estimate of drug-likeness (QED) is 0.408. The van der Waals surface area contributed by atoms with Crippen molar-refractivity contribution in [2.24, 2.45) is 0 Å². The number of hydrogen-bond acceptors (Lipinski definition) is 7. The molecular weight excluding hydrogens is 376 g/mol. The van der Waals surface area contributed by atoms with E-state index in [1.165, 1.54) is 17.4 Å². The molecule has 0 radical (unpaired) electrons. The van der Waals surface area contributed by atoms with Gasteiger partial charge < -0.3 is 9.47 Å². The van der Waals surface area contributed by atoms with Crippen molar-refractivity contribution in [3.05, 3.63) is 40.4 Å². The van der Waals surface area contributed by atoms with Crippen LogP contribution in [0.3, 0.4) is 0 Å². The van der Waals surface area contributed by atoms with Crippen molar-refractivity contribution in [3.63, 3.8) is 0 Å². The highest BCUT2D eigenvalue weighted by Gasteiger charge is 2.22. The number of benzene rings is 1. The fraction of sp³-hybridized carbons (Fsp3) is 0.400. The van der Waals surface area contributed by atoms with Gasteiger partial charge in [0.15, 0.2) is 0 Å². The van der Waals surface area contributed by atoms with E-state index in [1.54, 1.807) is 0 Å². The number of carbonyl (C=O) groups is 1. The summed E-state index contributed by atoms with van der Waals surface area (Å²) in [6, 6.07) is 9.22. The highest BCUT2D eigenvalue weighted by molar-refractivity contribution is 7.15. The van der Waals surface area contributed by atoms with Crippen LogP contribution in [0.2, 0.25) is 0 Å². The number of aromatic nitrogens is 2. The first-order valence-corrected chi connectivity index (χ1v) is 10.1. The molecule has 0 spiro atoms. The SMILES string of the molecule is CCCCOc1ccc(/C=C(\C#N)C(=O)Nc2nnc([C@@H]3CCCO3)s2)cc1. The minimum absolute atomic E-state index is 0.00600. The predicted molar refractivity (Wildman–Crippen MR) is 107 cm³/mol. The highest BCUT2D eigenvalue weighted by Crippen LogP contribution is 2.32. The third-order valence-electron chi connectivity index (χ3n) is 4.19. The zero-order valence-electron chi connectivity index (χ0n) is 15.7. The average Bonchev–Trinajstić information content (AvgIpc) is 3.39. The zero-order valence-corrected chi connectivity index (χ0v) is 16.5. The van der Waals surface area contributed by atoms with Crippen molar-refractivity contribution in [1.82, 2.24) is 10.2 Å². The van der Waals surface area contributed by atoms with Gasteiger partial charge in [-0.1, -0.05) is 36.8 Å². The summed E-state index contributed by atoms with van der Waals surface area (Å²) in [6.07, 6.45) is 5.46. The molecule has 1 aliphatic rings. The number of nitrogens with zero attached hydrogens (tertiary/aromatic N) is 3.